The van der Waals surface area contributed by atoms with Gasteiger partial charge >= 0.3 is 0 Å². The second-order valence-corrected chi connectivity index (χ2v) is 7.35. The van der Waals surface area contributed by atoms with E-state index < -0.39 is 6.29 Å². The topological polar surface area (TPSA) is 85.9 Å². The van der Waals surface area contributed by atoms with E-state index in [0.717, 1.165) is 33.9 Å². The van der Waals surface area contributed by atoms with Crippen LogP contribution in [0.25, 0.3) is 11.3 Å². The van der Waals surface area contributed by atoms with Gasteiger partial charge in [-0.3, -0.25) is 9.89 Å². The van der Waals surface area contributed by atoms with E-state index >= 15 is 0 Å². The van der Waals surface area contributed by atoms with Crippen molar-refractivity contribution in [3.8, 4) is 22.8 Å². The summed E-state index contributed by atoms with van der Waals surface area (Å²) >= 11 is 0. The van der Waals surface area contributed by atoms with Crippen LogP contribution in [0.15, 0.2) is 48.5 Å². The third-order valence-corrected chi connectivity index (χ3v) is 5.61. The molecule has 0 aliphatic carbocycles. The summed E-state index contributed by atoms with van der Waals surface area (Å²) in [6.45, 7) is 2.82. The number of carbonyl (C=O) groups excluding carboxylic acids is 1. The molecule has 1 atom stereocenters. The lowest BCUT2D eigenvalue weighted by Crippen LogP contribution is -2.38. The molecule has 1 aliphatic heterocycles. The Balaban J connectivity index is 1.79. The number of ether oxygens (including phenoxy) is 4. The summed E-state index contributed by atoms with van der Waals surface area (Å²) in [6.07, 6.45) is -0.550. The van der Waals surface area contributed by atoms with Gasteiger partial charge in [0, 0.05) is 25.3 Å². The smallest absolute Gasteiger partial charge is 0.273 e. The predicted octanol–water partition coefficient (Wildman–Crippen LogP) is 3.65. The van der Waals surface area contributed by atoms with Crippen molar-refractivity contribution in [2.75, 3.05) is 34.5 Å². The molecule has 1 aliphatic rings. The lowest BCUT2D eigenvalue weighted by Gasteiger charge is -2.29. The molecule has 1 unspecified atom stereocenters. The van der Waals surface area contributed by atoms with Crippen LogP contribution in [0.5, 0.6) is 11.5 Å². The second-order valence-electron chi connectivity index (χ2n) is 7.35. The summed E-state index contributed by atoms with van der Waals surface area (Å²) < 4.78 is 21.6. The molecular weight excluding hydrogens is 410 g/mol. The minimum absolute atomic E-state index is 0.149. The fraction of sp³-hybridized carbons (Fsp3) is 0.333. The van der Waals surface area contributed by atoms with Crippen molar-refractivity contribution in [3.05, 3.63) is 65.4 Å². The lowest BCUT2D eigenvalue weighted by molar-refractivity contribution is -0.113. The maximum absolute atomic E-state index is 13.4. The summed E-state index contributed by atoms with van der Waals surface area (Å²) in [4.78, 5) is 15.1. The Kier molecular flexibility index (Phi) is 6.43. The van der Waals surface area contributed by atoms with Crippen LogP contribution in [0.1, 0.15) is 34.6 Å². The van der Waals surface area contributed by atoms with Crippen molar-refractivity contribution >= 4 is 5.91 Å². The number of fused-ring (bicyclic) bond motifs is 1. The van der Waals surface area contributed by atoms with E-state index in [9.17, 15) is 4.79 Å². The van der Waals surface area contributed by atoms with Crippen molar-refractivity contribution in [1.29, 1.82) is 0 Å². The molecule has 8 heteroatoms. The third-order valence-electron chi connectivity index (χ3n) is 5.61. The van der Waals surface area contributed by atoms with Gasteiger partial charge in [0.2, 0.25) is 0 Å². The highest BCUT2D eigenvalue weighted by atomic mass is 16.7. The molecule has 168 valence electrons. The minimum Gasteiger partial charge on any atom is -0.497 e. The van der Waals surface area contributed by atoms with Gasteiger partial charge < -0.3 is 23.8 Å². The predicted molar refractivity (Wildman–Crippen MR) is 119 cm³/mol. The van der Waals surface area contributed by atoms with Crippen LogP contribution >= 0.6 is 0 Å². The van der Waals surface area contributed by atoms with Crippen molar-refractivity contribution in [2.24, 2.45) is 0 Å². The van der Waals surface area contributed by atoms with Gasteiger partial charge in [-0.2, -0.15) is 5.10 Å². The number of H-pyrrole nitrogens is 1. The molecule has 1 N–H and O–H groups in total. The first-order chi connectivity index (χ1) is 15.6. The standard InChI is InChI=1S/C24H27N3O5/c1-5-32-18-12-6-15(7-13-18)21-20-22(26-25-21)24(28)27(14-19(30-3)31-4)23(20)16-8-10-17(29-2)11-9-16/h6-13,19,23H,5,14H2,1-4H3,(H,25,26). The molecule has 4 rings (SSSR count). The first kappa shape index (κ1) is 21.9. The number of nitrogens with zero attached hydrogens (tertiary/aromatic N) is 2. The van der Waals surface area contributed by atoms with Crippen LogP contribution in [-0.2, 0) is 9.47 Å². The number of methoxy groups -OCH3 is 3. The van der Waals surface area contributed by atoms with Crippen molar-refractivity contribution in [3.63, 3.8) is 0 Å². The number of benzene rings is 2. The monoisotopic (exact) mass is 437 g/mol. The van der Waals surface area contributed by atoms with Crippen molar-refractivity contribution in [2.45, 2.75) is 19.3 Å². The summed E-state index contributed by atoms with van der Waals surface area (Å²) in [5.41, 5.74) is 3.87. The number of amides is 1. The highest BCUT2D eigenvalue weighted by Gasteiger charge is 2.43. The van der Waals surface area contributed by atoms with Gasteiger partial charge in [-0.15, -0.1) is 0 Å². The number of aromatic nitrogens is 2. The summed E-state index contributed by atoms with van der Waals surface area (Å²) in [7, 11) is 4.74. The Labute approximate surface area is 187 Å². The normalized spacial score (nSPS) is 15.3. The maximum atomic E-state index is 13.4. The zero-order valence-electron chi connectivity index (χ0n) is 18.6. The van der Waals surface area contributed by atoms with Crippen LogP contribution < -0.4 is 9.47 Å². The first-order valence-electron chi connectivity index (χ1n) is 10.4. The van der Waals surface area contributed by atoms with E-state index in [4.69, 9.17) is 18.9 Å². The van der Waals surface area contributed by atoms with Crippen LogP contribution in [0.3, 0.4) is 0 Å². The van der Waals surface area contributed by atoms with Crippen LogP contribution in [0.4, 0.5) is 0 Å². The summed E-state index contributed by atoms with van der Waals surface area (Å²) in [5, 5.41) is 7.45. The quantitative estimate of drug-likeness (QED) is 0.515. The fourth-order valence-corrected chi connectivity index (χ4v) is 4.02. The van der Waals surface area contributed by atoms with E-state index in [1.807, 2.05) is 55.5 Å². The van der Waals surface area contributed by atoms with Gasteiger partial charge in [0.1, 0.15) is 17.2 Å². The molecule has 0 spiro atoms. The van der Waals surface area contributed by atoms with Crippen LogP contribution in [0, 0.1) is 0 Å². The van der Waals surface area contributed by atoms with Gasteiger partial charge in [0.05, 0.1) is 32.0 Å². The molecule has 0 saturated heterocycles. The number of rotatable bonds is 9. The van der Waals surface area contributed by atoms with Gasteiger partial charge in [0.15, 0.2) is 6.29 Å². The Hall–Kier alpha value is -3.36. The molecule has 0 radical (unpaired) electrons. The number of hydrogen-bond acceptors (Lipinski definition) is 6. The van der Waals surface area contributed by atoms with Gasteiger partial charge in [-0.1, -0.05) is 12.1 Å². The molecule has 3 aromatic rings. The zero-order chi connectivity index (χ0) is 22.7. The second kappa shape index (κ2) is 9.42. The molecule has 2 heterocycles. The van der Waals surface area contributed by atoms with E-state index in [2.05, 4.69) is 10.2 Å². The number of aromatic amines is 1. The summed E-state index contributed by atoms with van der Waals surface area (Å²) in [6, 6.07) is 15.1. The molecule has 1 amide bonds. The van der Waals surface area contributed by atoms with Gasteiger partial charge in [-0.25, -0.2) is 0 Å². The molecule has 32 heavy (non-hydrogen) atoms. The Bertz CT molecular complexity index is 1060. The molecule has 0 bridgehead atoms. The Morgan fingerprint density at radius 3 is 2.25 bits per heavy atom. The first-order valence-corrected chi connectivity index (χ1v) is 10.4. The minimum atomic E-state index is -0.550. The highest BCUT2D eigenvalue weighted by Crippen LogP contribution is 2.43. The molecule has 2 aromatic carbocycles. The van der Waals surface area contributed by atoms with Crippen LogP contribution in [-0.4, -0.2) is 61.8 Å². The lowest BCUT2D eigenvalue weighted by atomic mass is 9.96. The number of nitrogens with one attached hydrogen (secondary N) is 1. The van der Waals surface area contributed by atoms with E-state index in [1.165, 1.54) is 0 Å². The highest BCUT2D eigenvalue weighted by molar-refractivity contribution is 6.00. The zero-order valence-corrected chi connectivity index (χ0v) is 18.6. The largest absolute Gasteiger partial charge is 0.497 e. The molecule has 0 saturated carbocycles. The van der Waals surface area contributed by atoms with E-state index in [1.54, 1.807) is 26.2 Å². The molecule has 0 fully saturated rings. The molecule has 1 aromatic heterocycles. The fourth-order valence-electron chi connectivity index (χ4n) is 4.02. The van der Waals surface area contributed by atoms with Crippen molar-refractivity contribution < 1.29 is 23.7 Å². The SMILES string of the molecule is CCOc1ccc(-c2n[nH]c3c2C(c2ccc(OC)cc2)N(CC(OC)OC)C3=O)cc1. The average molecular weight is 437 g/mol. The van der Waals surface area contributed by atoms with E-state index in [-0.39, 0.29) is 18.5 Å². The molecule has 8 nitrogen and oxygen atoms in total. The Morgan fingerprint density at radius 1 is 1.00 bits per heavy atom. The van der Waals surface area contributed by atoms with Crippen LogP contribution in [0.2, 0.25) is 0 Å². The van der Waals surface area contributed by atoms with Gasteiger partial charge in [-0.05, 0) is 48.9 Å². The number of hydrogen-bond donors (Lipinski definition) is 1. The van der Waals surface area contributed by atoms with E-state index in [0.29, 0.717) is 12.3 Å². The average Bonchev–Trinajstić information content (AvgIpc) is 3.37. The van der Waals surface area contributed by atoms with Gasteiger partial charge in [0.25, 0.3) is 5.91 Å². The van der Waals surface area contributed by atoms with Crippen molar-refractivity contribution in [1.82, 2.24) is 15.1 Å². The number of carbonyl (C=O) groups is 1. The summed E-state index contributed by atoms with van der Waals surface area (Å²) in [5.74, 6) is 1.39. The maximum Gasteiger partial charge on any atom is 0.273 e. The third kappa shape index (κ3) is 3.94. The molecular formula is C24H27N3O5. The Morgan fingerprint density at radius 2 is 1.66 bits per heavy atom.